The lowest BCUT2D eigenvalue weighted by Gasteiger charge is -2.27. The van der Waals surface area contributed by atoms with Crippen LogP contribution in [0, 0.1) is 5.41 Å². The van der Waals surface area contributed by atoms with E-state index >= 15 is 0 Å². The number of halogens is 2. The lowest BCUT2D eigenvalue weighted by Crippen LogP contribution is -2.47. The van der Waals surface area contributed by atoms with E-state index in [1.807, 2.05) is 0 Å². The van der Waals surface area contributed by atoms with Crippen LogP contribution in [0.5, 0.6) is 0 Å². The van der Waals surface area contributed by atoms with E-state index in [1.165, 1.54) is 18.3 Å². The molecule has 6 heteroatoms. The van der Waals surface area contributed by atoms with Gasteiger partial charge in [0.15, 0.2) is 11.2 Å². The number of hydrogen-bond acceptors (Lipinski definition) is 4. The van der Waals surface area contributed by atoms with Crippen molar-refractivity contribution in [1.29, 1.82) is 0 Å². The summed E-state index contributed by atoms with van der Waals surface area (Å²) in [6.07, 6.45) is -3.42. The summed E-state index contributed by atoms with van der Waals surface area (Å²) in [6.45, 7) is 2.47. The molecule has 0 saturated heterocycles. The predicted molar refractivity (Wildman–Crippen MR) is 63.8 cm³/mol. The molecule has 1 rings (SSSR count). The highest BCUT2D eigenvalue weighted by Crippen LogP contribution is 2.34. The molecule has 0 aliphatic carbocycles. The SMILES string of the molecule is CCOC(=O)C(Cc1ccsc1)(C(C)=O)C(F)F. The molecule has 0 bridgehead atoms. The number of ketones is 1. The zero-order valence-electron chi connectivity index (χ0n) is 10.1. The van der Waals surface area contributed by atoms with E-state index in [2.05, 4.69) is 4.74 Å². The van der Waals surface area contributed by atoms with E-state index in [9.17, 15) is 18.4 Å². The monoisotopic (exact) mass is 276 g/mol. The fraction of sp³-hybridized carbons (Fsp3) is 0.500. The Morgan fingerprint density at radius 2 is 2.17 bits per heavy atom. The lowest BCUT2D eigenvalue weighted by atomic mass is 9.79. The van der Waals surface area contributed by atoms with Gasteiger partial charge >= 0.3 is 5.97 Å². The molecule has 0 fully saturated rings. The molecule has 0 amide bonds. The maximum atomic E-state index is 13.3. The second-order valence-corrected chi connectivity index (χ2v) is 4.64. The third-order valence-corrected chi connectivity index (χ3v) is 3.44. The average molecular weight is 276 g/mol. The Morgan fingerprint density at radius 3 is 2.56 bits per heavy atom. The summed E-state index contributed by atoms with van der Waals surface area (Å²) < 4.78 is 31.1. The molecule has 0 N–H and O–H groups in total. The molecule has 0 aliphatic heterocycles. The molecule has 0 radical (unpaired) electrons. The number of alkyl halides is 2. The Morgan fingerprint density at radius 1 is 1.50 bits per heavy atom. The molecular formula is C12H14F2O3S. The van der Waals surface area contributed by atoms with Crippen LogP contribution in [0.15, 0.2) is 16.8 Å². The van der Waals surface area contributed by atoms with Crippen molar-refractivity contribution in [3.05, 3.63) is 22.4 Å². The molecule has 18 heavy (non-hydrogen) atoms. The van der Waals surface area contributed by atoms with Gasteiger partial charge in [0.25, 0.3) is 6.43 Å². The van der Waals surface area contributed by atoms with Crippen LogP contribution < -0.4 is 0 Å². The fourth-order valence-corrected chi connectivity index (χ4v) is 2.30. The highest BCUT2D eigenvalue weighted by molar-refractivity contribution is 7.07. The Kier molecular flexibility index (Phi) is 4.95. The van der Waals surface area contributed by atoms with Crippen molar-refractivity contribution in [1.82, 2.24) is 0 Å². The number of esters is 1. The van der Waals surface area contributed by atoms with Gasteiger partial charge in [-0.1, -0.05) is 0 Å². The smallest absolute Gasteiger partial charge is 0.325 e. The third kappa shape index (κ3) is 2.75. The Labute approximate surface area is 108 Å². The minimum Gasteiger partial charge on any atom is -0.465 e. The third-order valence-electron chi connectivity index (χ3n) is 2.70. The summed E-state index contributed by atoms with van der Waals surface area (Å²) in [4.78, 5) is 23.3. The molecule has 1 atom stereocenters. The first kappa shape index (κ1) is 14.8. The van der Waals surface area contributed by atoms with Crippen LogP contribution in [-0.4, -0.2) is 24.8 Å². The van der Waals surface area contributed by atoms with Gasteiger partial charge in [-0.2, -0.15) is 11.3 Å². The molecule has 1 aromatic heterocycles. The second kappa shape index (κ2) is 6.04. The molecule has 0 aromatic carbocycles. The second-order valence-electron chi connectivity index (χ2n) is 3.86. The van der Waals surface area contributed by atoms with Crippen molar-refractivity contribution >= 4 is 23.1 Å². The fourth-order valence-electron chi connectivity index (χ4n) is 1.64. The van der Waals surface area contributed by atoms with Gasteiger partial charge in [0.1, 0.15) is 0 Å². The van der Waals surface area contributed by atoms with Crippen molar-refractivity contribution in [3.63, 3.8) is 0 Å². The highest BCUT2D eigenvalue weighted by Gasteiger charge is 2.53. The van der Waals surface area contributed by atoms with Gasteiger partial charge in [-0.25, -0.2) is 8.78 Å². The number of carbonyl (C=O) groups is 2. The number of rotatable bonds is 6. The largest absolute Gasteiger partial charge is 0.465 e. The normalized spacial score (nSPS) is 14.3. The lowest BCUT2D eigenvalue weighted by molar-refractivity contribution is -0.170. The molecule has 0 aliphatic rings. The Balaban J connectivity index is 3.13. The minimum atomic E-state index is -3.09. The van der Waals surface area contributed by atoms with Gasteiger partial charge in [-0.05, 0) is 36.2 Å². The number of ether oxygens (including phenoxy) is 1. The molecule has 1 unspecified atom stereocenters. The average Bonchev–Trinajstić information content (AvgIpc) is 2.77. The van der Waals surface area contributed by atoms with Gasteiger partial charge in [0.2, 0.25) is 0 Å². The maximum Gasteiger partial charge on any atom is 0.325 e. The van der Waals surface area contributed by atoms with Crippen LogP contribution >= 0.6 is 11.3 Å². The molecule has 100 valence electrons. The van der Waals surface area contributed by atoms with Gasteiger partial charge in [0.05, 0.1) is 6.61 Å². The number of Topliss-reactive ketones (excluding diaryl/α,β-unsaturated/α-hetero) is 1. The first-order valence-corrected chi connectivity index (χ1v) is 6.37. The summed E-state index contributed by atoms with van der Waals surface area (Å²) in [5.41, 5.74) is -1.86. The molecule has 1 aromatic rings. The summed E-state index contributed by atoms with van der Waals surface area (Å²) in [5, 5.41) is 3.34. The Bertz CT molecular complexity index is 417. The van der Waals surface area contributed by atoms with Crippen molar-refractivity contribution in [2.24, 2.45) is 5.41 Å². The number of carbonyl (C=O) groups excluding carboxylic acids is 2. The first-order chi connectivity index (χ1) is 8.45. The summed E-state index contributed by atoms with van der Waals surface area (Å²) in [5.74, 6) is -2.03. The zero-order chi connectivity index (χ0) is 13.8. The van der Waals surface area contributed by atoms with Crippen molar-refractivity contribution < 1.29 is 23.1 Å². The van der Waals surface area contributed by atoms with Crippen LogP contribution in [0.2, 0.25) is 0 Å². The molecular weight excluding hydrogens is 262 g/mol. The summed E-state index contributed by atoms with van der Waals surface area (Å²) in [6, 6.07) is 1.62. The van der Waals surface area contributed by atoms with Crippen LogP contribution in [-0.2, 0) is 20.7 Å². The van der Waals surface area contributed by atoms with Gasteiger partial charge in [-0.3, -0.25) is 9.59 Å². The van der Waals surface area contributed by atoms with Crippen LogP contribution in [0.3, 0.4) is 0 Å². The van der Waals surface area contributed by atoms with Crippen molar-refractivity contribution in [3.8, 4) is 0 Å². The van der Waals surface area contributed by atoms with E-state index in [4.69, 9.17) is 0 Å². The van der Waals surface area contributed by atoms with E-state index in [0.717, 1.165) is 6.92 Å². The number of thiophene rings is 1. The molecule has 0 saturated carbocycles. The van der Waals surface area contributed by atoms with Crippen LogP contribution in [0.25, 0.3) is 0 Å². The van der Waals surface area contributed by atoms with E-state index < -0.39 is 23.6 Å². The summed E-state index contributed by atoms with van der Waals surface area (Å²) in [7, 11) is 0. The van der Waals surface area contributed by atoms with Crippen LogP contribution in [0.4, 0.5) is 8.78 Å². The molecule has 1 heterocycles. The van der Waals surface area contributed by atoms with Gasteiger partial charge < -0.3 is 4.74 Å². The minimum absolute atomic E-state index is 0.0375. The van der Waals surface area contributed by atoms with Crippen molar-refractivity contribution in [2.75, 3.05) is 6.61 Å². The topological polar surface area (TPSA) is 43.4 Å². The molecule has 3 nitrogen and oxygen atoms in total. The number of hydrogen-bond donors (Lipinski definition) is 0. The maximum absolute atomic E-state index is 13.3. The van der Waals surface area contributed by atoms with Gasteiger partial charge in [-0.15, -0.1) is 0 Å². The van der Waals surface area contributed by atoms with E-state index in [1.54, 1.807) is 16.8 Å². The summed E-state index contributed by atoms with van der Waals surface area (Å²) >= 11 is 1.32. The first-order valence-electron chi connectivity index (χ1n) is 5.42. The molecule has 0 spiro atoms. The van der Waals surface area contributed by atoms with E-state index in [0.29, 0.717) is 5.56 Å². The van der Waals surface area contributed by atoms with Gasteiger partial charge in [0, 0.05) is 6.42 Å². The standard InChI is InChI=1S/C12H14F2O3S/c1-3-17-11(16)12(8(2)15,10(13)14)6-9-4-5-18-7-9/h4-5,7,10H,3,6H2,1-2H3. The van der Waals surface area contributed by atoms with Crippen LogP contribution in [0.1, 0.15) is 19.4 Å². The quantitative estimate of drug-likeness (QED) is 0.592. The Hall–Kier alpha value is -1.30. The highest BCUT2D eigenvalue weighted by atomic mass is 32.1. The van der Waals surface area contributed by atoms with E-state index in [-0.39, 0.29) is 13.0 Å². The zero-order valence-corrected chi connectivity index (χ0v) is 10.9. The van der Waals surface area contributed by atoms with Crippen molar-refractivity contribution in [2.45, 2.75) is 26.7 Å². The predicted octanol–water partition coefficient (Wildman–Crippen LogP) is 2.69.